The van der Waals surface area contributed by atoms with Gasteiger partial charge in [0.2, 0.25) is 5.78 Å². The maximum Gasteiger partial charge on any atom is 0.325 e. The van der Waals surface area contributed by atoms with Crippen LogP contribution < -0.4 is 5.32 Å². The van der Waals surface area contributed by atoms with Crippen LogP contribution in [0.25, 0.3) is 0 Å². The number of benzene rings is 1. The van der Waals surface area contributed by atoms with E-state index in [0.29, 0.717) is 9.90 Å². The van der Waals surface area contributed by atoms with Gasteiger partial charge in [0, 0.05) is 5.02 Å². The molecule has 5 nitrogen and oxygen atoms in total. The molecule has 1 heterocycles. The smallest absolute Gasteiger partial charge is 0.325 e. The van der Waals surface area contributed by atoms with Crippen molar-refractivity contribution < 1.29 is 19.1 Å². The normalized spacial score (nSPS) is 10.2. The summed E-state index contributed by atoms with van der Waals surface area (Å²) in [6.07, 6.45) is 0. The molecule has 2 rings (SSSR count). The average Bonchev–Trinajstić information content (AvgIpc) is 3.04. The Morgan fingerprint density at radius 3 is 2.61 bits per heavy atom. The third-order valence-electron chi connectivity index (χ3n) is 2.73. The van der Waals surface area contributed by atoms with E-state index in [9.17, 15) is 14.4 Å². The molecule has 0 atom stereocenters. The second-order valence-electron chi connectivity index (χ2n) is 4.37. The lowest BCUT2D eigenvalue weighted by Gasteiger charge is -2.07. The van der Waals surface area contributed by atoms with Crippen LogP contribution in [0.3, 0.4) is 0 Å². The Morgan fingerprint density at radius 1 is 1.17 bits per heavy atom. The molecule has 0 radical (unpaired) electrons. The van der Waals surface area contributed by atoms with Crippen LogP contribution in [0.5, 0.6) is 0 Å². The second-order valence-corrected chi connectivity index (χ2v) is 6.16. The number of hydrogen-bond donors (Lipinski definition) is 1. The number of nitrogens with one attached hydrogen (secondary N) is 1. The fraction of sp³-hybridized carbons (Fsp3) is 0.133. The van der Waals surface area contributed by atoms with E-state index >= 15 is 0 Å². The summed E-state index contributed by atoms with van der Waals surface area (Å²) in [5.41, 5.74) is 0.193. The first kappa shape index (κ1) is 17.5. The minimum absolute atomic E-state index is 0.177. The lowest BCUT2D eigenvalue weighted by Crippen LogP contribution is -2.31. The van der Waals surface area contributed by atoms with Crippen LogP contribution in [0.2, 0.25) is 10.0 Å². The van der Waals surface area contributed by atoms with E-state index in [0.717, 1.165) is 0 Å². The molecule has 0 fully saturated rings. The van der Waals surface area contributed by atoms with Crippen LogP contribution in [-0.2, 0) is 9.53 Å². The van der Waals surface area contributed by atoms with Crippen molar-refractivity contribution in [2.45, 2.75) is 0 Å². The summed E-state index contributed by atoms with van der Waals surface area (Å²) in [5, 5.41) is 4.70. The molecule has 0 aliphatic carbocycles. The first-order valence-corrected chi connectivity index (χ1v) is 8.06. The van der Waals surface area contributed by atoms with Gasteiger partial charge in [0.15, 0.2) is 6.61 Å². The summed E-state index contributed by atoms with van der Waals surface area (Å²) < 4.78 is 4.81. The lowest BCUT2D eigenvalue weighted by molar-refractivity contribution is -0.141. The molecule has 0 bridgehead atoms. The summed E-state index contributed by atoms with van der Waals surface area (Å²) in [7, 11) is 0. The number of carbonyl (C=O) groups is 3. The van der Waals surface area contributed by atoms with Crippen molar-refractivity contribution in [3.8, 4) is 0 Å². The number of ether oxygens (including phenoxy) is 1. The summed E-state index contributed by atoms with van der Waals surface area (Å²) in [6.45, 7) is -0.730. The highest BCUT2D eigenvalue weighted by Gasteiger charge is 2.14. The molecule has 0 aliphatic heterocycles. The Morgan fingerprint density at radius 2 is 1.96 bits per heavy atom. The monoisotopic (exact) mass is 371 g/mol. The van der Waals surface area contributed by atoms with Crippen molar-refractivity contribution >= 4 is 52.2 Å². The molecule has 23 heavy (non-hydrogen) atoms. The largest absolute Gasteiger partial charge is 0.456 e. The van der Waals surface area contributed by atoms with Gasteiger partial charge in [0.25, 0.3) is 5.91 Å². The number of esters is 1. The fourth-order valence-corrected chi connectivity index (χ4v) is 2.77. The maximum absolute atomic E-state index is 11.9. The summed E-state index contributed by atoms with van der Waals surface area (Å²) in [5.74, 6) is -1.54. The minimum atomic E-state index is -0.714. The van der Waals surface area contributed by atoms with Gasteiger partial charge in [0.05, 0.1) is 15.5 Å². The molecule has 2 aromatic rings. The van der Waals surface area contributed by atoms with E-state index in [-0.39, 0.29) is 29.5 Å². The maximum atomic E-state index is 11.9. The Labute approximate surface area is 146 Å². The van der Waals surface area contributed by atoms with Gasteiger partial charge in [-0.25, -0.2) is 0 Å². The molecule has 0 aliphatic rings. The molecular weight excluding hydrogens is 361 g/mol. The topological polar surface area (TPSA) is 72.5 Å². The number of rotatable bonds is 6. The number of hydrogen-bond acceptors (Lipinski definition) is 5. The van der Waals surface area contributed by atoms with Crippen LogP contribution in [0.4, 0.5) is 0 Å². The van der Waals surface area contributed by atoms with Crippen molar-refractivity contribution in [2.75, 3.05) is 13.2 Å². The van der Waals surface area contributed by atoms with Crippen LogP contribution in [0.1, 0.15) is 20.0 Å². The predicted octanol–water partition coefficient (Wildman–Crippen LogP) is 3.21. The van der Waals surface area contributed by atoms with Gasteiger partial charge in [-0.3, -0.25) is 14.4 Å². The Kier molecular flexibility index (Phi) is 6.15. The quantitative estimate of drug-likeness (QED) is 0.624. The fourth-order valence-electron chi connectivity index (χ4n) is 1.63. The van der Waals surface area contributed by atoms with Crippen molar-refractivity contribution in [3.05, 3.63) is 56.2 Å². The van der Waals surface area contributed by atoms with Gasteiger partial charge >= 0.3 is 5.97 Å². The van der Waals surface area contributed by atoms with Crippen molar-refractivity contribution in [3.63, 3.8) is 0 Å². The Bertz CT molecular complexity index is 731. The predicted molar refractivity (Wildman–Crippen MR) is 88.4 cm³/mol. The standard InChI is InChI=1S/C15H11Cl2NO4S/c16-9-3-4-10(11(17)6-9)15(21)18-7-14(20)22-8-12(19)13-2-1-5-23-13/h1-6H,7-8H2,(H,18,21). The van der Waals surface area contributed by atoms with E-state index in [1.165, 1.54) is 29.5 Å². The number of amides is 1. The molecule has 1 aromatic heterocycles. The van der Waals surface area contributed by atoms with Crippen LogP contribution in [0, 0.1) is 0 Å². The van der Waals surface area contributed by atoms with Gasteiger partial charge in [0.1, 0.15) is 6.54 Å². The van der Waals surface area contributed by atoms with Gasteiger partial charge in [-0.2, -0.15) is 0 Å². The second kappa shape index (κ2) is 8.10. The molecule has 1 N–H and O–H groups in total. The summed E-state index contributed by atoms with van der Waals surface area (Å²) in [4.78, 5) is 35.6. The van der Waals surface area contributed by atoms with Gasteiger partial charge in [-0.1, -0.05) is 29.3 Å². The third-order valence-corrected chi connectivity index (χ3v) is 4.19. The highest BCUT2D eigenvalue weighted by Crippen LogP contribution is 2.20. The average molecular weight is 372 g/mol. The Balaban J connectivity index is 1.80. The summed E-state index contributed by atoms with van der Waals surface area (Å²) in [6, 6.07) is 7.77. The van der Waals surface area contributed by atoms with E-state index in [1.807, 2.05) is 0 Å². The molecule has 1 amide bonds. The van der Waals surface area contributed by atoms with E-state index in [4.69, 9.17) is 27.9 Å². The van der Waals surface area contributed by atoms with E-state index < -0.39 is 11.9 Å². The molecule has 0 spiro atoms. The zero-order chi connectivity index (χ0) is 16.8. The zero-order valence-electron chi connectivity index (χ0n) is 11.7. The number of carbonyl (C=O) groups excluding carboxylic acids is 3. The molecule has 120 valence electrons. The number of halogens is 2. The molecule has 0 saturated carbocycles. The first-order chi connectivity index (χ1) is 11.0. The van der Waals surface area contributed by atoms with Crippen molar-refractivity contribution in [1.82, 2.24) is 5.32 Å². The van der Waals surface area contributed by atoms with E-state index in [1.54, 1.807) is 17.5 Å². The lowest BCUT2D eigenvalue weighted by atomic mass is 10.2. The number of ketones is 1. The highest BCUT2D eigenvalue weighted by molar-refractivity contribution is 7.12. The number of thiophene rings is 1. The molecule has 0 unspecified atom stereocenters. The Hall–Kier alpha value is -1.89. The first-order valence-electron chi connectivity index (χ1n) is 6.43. The van der Waals surface area contributed by atoms with Gasteiger partial charge < -0.3 is 10.1 Å². The molecule has 0 saturated heterocycles. The van der Waals surface area contributed by atoms with Crippen molar-refractivity contribution in [1.29, 1.82) is 0 Å². The van der Waals surface area contributed by atoms with Crippen molar-refractivity contribution in [2.24, 2.45) is 0 Å². The molecule has 8 heteroatoms. The molecule has 1 aromatic carbocycles. The summed E-state index contributed by atoms with van der Waals surface area (Å²) >= 11 is 12.9. The third kappa shape index (κ3) is 5.06. The minimum Gasteiger partial charge on any atom is -0.456 e. The van der Waals surface area contributed by atoms with Crippen LogP contribution >= 0.6 is 34.5 Å². The van der Waals surface area contributed by atoms with E-state index in [2.05, 4.69) is 5.32 Å². The van der Waals surface area contributed by atoms with Crippen LogP contribution in [0.15, 0.2) is 35.7 Å². The SMILES string of the molecule is O=C(CNC(=O)c1ccc(Cl)cc1Cl)OCC(=O)c1cccs1. The van der Waals surface area contributed by atoms with Crippen LogP contribution in [-0.4, -0.2) is 30.8 Å². The highest BCUT2D eigenvalue weighted by atomic mass is 35.5. The van der Waals surface area contributed by atoms with Gasteiger partial charge in [-0.15, -0.1) is 11.3 Å². The number of Topliss-reactive ketones (excluding diaryl/α,β-unsaturated/α-hetero) is 1. The zero-order valence-corrected chi connectivity index (χ0v) is 14.0. The molecular formula is C15H11Cl2NO4S. The van der Waals surface area contributed by atoms with Gasteiger partial charge in [-0.05, 0) is 29.6 Å².